The number of ether oxygens (including phenoxy) is 1. The zero-order valence-electron chi connectivity index (χ0n) is 21.6. The Kier molecular flexibility index (Phi) is 8.92. The highest BCUT2D eigenvalue weighted by molar-refractivity contribution is 5.89. The fourth-order valence-electron chi connectivity index (χ4n) is 5.04. The molecule has 0 saturated carbocycles. The summed E-state index contributed by atoms with van der Waals surface area (Å²) in [6, 6.07) is 17.2. The third-order valence-electron chi connectivity index (χ3n) is 7.04. The SMILES string of the molecule is COc1ccccc1C(CNC(=O)Nc1cc(C(F)(F)F)cc(C(F)(F)F)c1)N1CCC(c2ccccc2)CC1. The second-order valence-electron chi connectivity index (χ2n) is 9.61. The smallest absolute Gasteiger partial charge is 0.416 e. The summed E-state index contributed by atoms with van der Waals surface area (Å²) in [5, 5.41) is 4.76. The van der Waals surface area contributed by atoms with Gasteiger partial charge < -0.3 is 15.4 Å². The summed E-state index contributed by atoms with van der Waals surface area (Å²) in [4.78, 5) is 14.9. The van der Waals surface area contributed by atoms with Gasteiger partial charge in [0.15, 0.2) is 0 Å². The number of amides is 2. The van der Waals surface area contributed by atoms with E-state index >= 15 is 0 Å². The van der Waals surface area contributed by atoms with E-state index in [2.05, 4.69) is 27.7 Å². The molecule has 2 amide bonds. The van der Waals surface area contributed by atoms with Crippen LogP contribution < -0.4 is 15.4 Å². The molecule has 2 N–H and O–H groups in total. The summed E-state index contributed by atoms with van der Waals surface area (Å²) in [6.07, 6.45) is -8.28. The maximum absolute atomic E-state index is 13.2. The zero-order chi connectivity index (χ0) is 28.9. The molecule has 0 radical (unpaired) electrons. The molecule has 1 unspecified atom stereocenters. The van der Waals surface area contributed by atoms with Gasteiger partial charge in [0.25, 0.3) is 0 Å². The first-order valence-electron chi connectivity index (χ1n) is 12.7. The Labute approximate surface area is 228 Å². The third kappa shape index (κ3) is 7.26. The monoisotopic (exact) mass is 565 g/mol. The number of benzene rings is 3. The van der Waals surface area contributed by atoms with Crippen LogP contribution in [0, 0.1) is 0 Å². The number of nitrogens with zero attached hydrogens (tertiary/aromatic N) is 1. The van der Waals surface area contributed by atoms with Crippen molar-refractivity contribution in [2.75, 3.05) is 32.1 Å². The van der Waals surface area contributed by atoms with Gasteiger partial charge in [0, 0.05) is 17.8 Å². The van der Waals surface area contributed by atoms with E-state index in [0.717, 1.165) is 18.4 Å². The lowest BCUT2D eigenvalue weighted by atomic mass is 9.88. The first-order valence-corrected chi connectivity index (χ1v) is 12.7. The molecule has 0 spiro atoms. The van der Waals surface area contributed by atoms with Gasteiger partial charge in [-0.3, -0.25) is 4.90 Å². The number of hydrogen-bond acceptors (Lipinski definition) is 3. The first-order chi connectivity index (χ1) is 19.0. The minimum atomic E-state index is -5.02. The normalized spacial score (nSPS) is 15.9. The van der Waals surface area contributed by atoms with Crippen LogP contribution in [-0.4, -0.2) is 37.7 Å². The van der Waals surface area contributed by atoms with Gasteiger partial charge in [-0.05, 0) is 61.7 Å². The molecule has 1 aliphatic heterocycles. The third-order valence-corrected chi connectivity index (χ3v) is 7.04. The quantitative estimate of drug-likeness (QED) is 0.292. The van der Waals surface area contributed by atoms with E-state index < -0.39 is 35.2 Å². The molecule has 11 heteroatoms. The van der Waals surface area contributed by atoms with Crippen LogP contribution in [0.2, 0.25) is 0 Å². The number of methoxy groups -OCH3 is 1. The lowest BCUT2D eigenvalue weighted by Gasteiger charge is -2.38. The van der Waals surface area contributed by atoms with Gasteiger partial charge in [-0.1, -0.05) is 48.5 Å². The van der Waals surface area contributed by atoms with E-state index in [4.69, 9.17) is 4.74 Å². The molecule has 214 valence electrons. The van der Waals surface area contributed by atoms with Crippen molar-refractivity contribution in [1.29, 1.82) is 0 Å². The van der Waals surface area contributed by atoms with Crippen molar-refractivity contribution < 1.29 is 35.9 Å². The minimum Gasteiger partial charge on any atom is -0.496 e. The summed E-state index contributed by atoms with van der Waals surface area (Å²) in [5.41, 5.74) is -1.57. The Morgan fingerprint density at radius 2 is 1.48 bits per heavy atom. The average Bonchev–Trinajstić information content (AvgIpc) is 2.93. The predicted molar refractivity (Wildman–Crippen MR) is 139 cm³/mol. The Morgan fingerprint density at radius 3 is 2.05 bits per heavy atom. The van der Waals surface area contributed by atoms with Crippen LogP contribution in [0.5, 0.6) is 5.75 Å². The molecule has 1 aliphatic rings. The number of carbonyl (C=O) groups excluding carboxylic acids is 1. The second-order valence-corrected chi connectivity index (χ2v) is 9.61. The molecule has 40 heavy (non-hydrogen) atoms. The van der Waals surface area contributed by atoms with Crippen LogP contribution in [0.15, 0.2) is 72.8 Å². The number of para-hydroxylation sites is 1. The topological polar surface area (TPSA) is 53.6 Å². The maximum atomic E-state index is 13.2. The number of anilines is 1. The molecule has 0 aliphatic carbocycles. The molecule has 1 heterocycles. The van der Waals surface area contributed by atoms with Gasteiger partial charge in [0.2, 0.25) is 0 Å². The number of hydrogen-bond donors (Lipinski definition) is 2. The van der Waals surface area contributed by atoms with Gasteiger partial charge in [-0.25, -0.2) is 4.79 Å². The van der Waals surface area contributed by atoms with Crippen molar-refractivity contribution in [1.82, 2.24) is 10.2 Å². The number of likely N-dealkylation sites (tertiary alicyclic amines) is 1. The largest absolute Gasteiger partial charge is 0.496 e. The van der Waals surface area contributed by atoms with Crippen molar-refractivity contribution in [3.8, 4) is 5.75 Å². The Bertz CT molecular complexity index is 1260. The number of rotatable bonds is 7. The van der Waals surface area contributed by atoms with Gasteiger partial charge in [0.1, 0.15) is 5.75 Å². The number of alkyl halides is 6. The molecule has 1 atom stereocenters. The summed E-state index contributed by atoms with van der Waals surface area (Å²) in [7, 11) is 1.53. The molecule has 0 aromatic heterocycles. The van der Waals surface area contributed by atoms with E-state index in [1.807, 2.05) is 36.4 Å². The molecule has 1 saturated heterocycles. The highest BCUT2D eigenvalue weighted by Crippen LogP contribution is 2.38. The van der Waals surface area contributed by atoms with Crippen molar-refractivity contribution in [3.05, 3.63) is 95.1 Å². The molecule has 1 fully saturated rings. The van der Waals surface area contributed by atoms with E-state index in [1.165, 1.54) is 12.7 Å². The Balaban J connectivity index is 1.50. The van der Waals surface area contributed by atoms with Gasteiger partial charge in [0.05, 0.1) is 24.3 Å². The van der Waals surface area contributed by atoms with Crippen LogP contribution in [0.1, 0.15) is 47.1 Å². The summed E-state index contributed by atoms with van der Waals surface area (Å²) in [5.74, 6) is 0.989. The van der Waals surface area contributed by atoms with E-state index in [0.29, 0.717) is 36.9 Å². The van der Waals surface area contributed by atoms with Crippen LogP contribution >= 0.6 is 0 Å². The number of urea groups is 1. The predicted octanol–water partition coefficient (Wildman–Crippen LogP) is 7.48. The highest BCUT2D eigenvalue weighted by atomic mass is 19.4. The number of piperidine rings is 1. The first kappa shape index (κ1) is 29.3. The lowest BCUT2D eigenvalue weighted by Crippen LogP contribution is -2.43. The lowest BCUT2D eigenvalue weighted by molar-refractivity contribution is -0.143. The van der Waals surface area contributed by atoms with Crippen molar-refractivity contribution in [3.63, 3.8) is 0 Å². The van der Waals surface area contributed by atoms with Crippen molar-refractivity contribution >= 4 is 11.7 Å². The number of halogens is 6. The zero-order valence-corrected chi connectivity index (χ0v) is 21.6. The molecule has 5 nitrogen and oxygen atoms in total. The summed E-state index contributed by atoms with van der Waals surface area (Å²) < 4.78 is 84.8. The molecular weight excluding hydrogens is 536 g/mol. The van der Waals surface area contributed by atoms with Gasteiger partial charge in [-0.2, -0.15) is 26.3 Å². The van der Waals surface area contributed by atoms with Gasteiger partial charge in [-0.15, -0.1) is 0 Å². The van der Waals surface area contributed by atoms with Crippen molar-refractivity contribution in [2.45, 2.75) is 37.2 Å². The fourth-order valence-corrected chi connectivity index (χ4v) is 5.04. The van der Waals surface area contributed by atoms with Gasteiger partial charge >= 0.3 is 18.4 Å². The van der Waals surface area contributed by atoms with Crippen LogP contribution in [0.3, 0.4) is 0 Å². The standard InChI is InChI=1S/C29H29F6N3O2/c1-40-26-10-6-5-9-24(26)25(38-13-11-20(12-14-38)19-7-3-2-4-8-19)18-36-27(39)37-23-16-21(28(30,31)32)15-22(17-23)29(33,34)35/h2-10,15-17,20,25H,11-14,18H2,1H3,(H2,36,37,39). The Morgan fingerprint density at radius 1 is 0.900 bits per heavy atom. The van der Waals surface area contributed by atoms with E-state index in [1.54, 1.807) is 6.07 Å². The minimum absolute atomic E-state index is 0.0137. The maximum Gasteiger partial charge on any atom is 0.416 e. The summed E-state index contributed by atoms with van der Waals surface area (Å²) >= 11 is 0. The Hall–Kier alpha value is -3.73. The molecule has 3 aromatic rings. The summed E-state index contributed by atoms with van der Waals surface area (Å²) in [6.45, 7) is 1.48. The van der Waals surface area contributed by atoms with Crippen LogP contribution in [-0.2, 0) is 12.4 Å². The highest BCUT2D eigenvalue weighted by Gasteiger charge is 2.37. The van der Waals surface area contributed by atoms with E-state index in [-0.39, 0.29) is 18.7 Å². The van der Waals surface area contributed by atoms with Crippen molar-refractivity contribution in [2.24, 2.45) is 0 Å². The number of nitrogens with one attached hydrogen (secondary N) is 2. The average molecular weight is 566 g/mol. The van der Waals surface area contributed by atoms with Crippen LogP contribution in [0.4, 0.5) is 36.8 Å². The second kappa shape index (κ2) is 12.2. The fraction of sp³-hybridized carbons (Fsp3) is 0.345. The van der Waals surface area contributed by atoms with Crippen LogP contribution in [0.25, 0.3) is 0 Å². The van der Waals surface area contributed by atoms with E-state index in [9.17, 15) is 31.1 Å². The molecule has 3 aromatic carbocycles. The molecule has 4 rings (SSSR count). The number of carbonyl (C=O) groups is 1. The molecular formula is C29H29F6N3O2. The molecule has 0 bridgehead atoms.